The van der Waals surface area contributed by atoms with E-state index in [1.807, 2.05) is 45.0 Å². The Bertz CT molecular complexity index is 626. The molecule has 1 aromatic carbocycles. The van der Waals surface area contributed by atoms with Gasteiger partial charge < -0.3 is 0 Å². The Morgan fingerprint density at radius 3 is 2.71 bits per heavy atom. The van der Waals surface area contributed by atoms with Gasteiger partial charge in [0.15, 0.2) is 0 Å². The molecule has 1 aliphatic rings. The molecule has 0 bridgehead atoms. The lowest BCUT2D eigenvalue weighted by molar-refractivity contribution is 0.0954. The van der Waals surface area contributed by atoms with Gasteiger partial charge in [-0.1, -0.05) is 36.4 Å². The number of amides is 1. The normalized spacial score (nSPS) is 20.0. The van der Waals surface area contributed by atoms with E-state index in [-0.39, 0.29) is 5.91 Å². The molecule has 0 unspecified atom stereocenters. The third-order valence-corrected chi connectivity index (χ3v) is 3.98. The van der Waals surface area contributed by atoms with Crippen LogP contribution >= 0.6 is 0 Å². The van der Waals surface area contributed by atoms with Gasteiger partial charge in [0.2, 0.25) is 0 Å². The number of hydrogen-bond acceptors (Lipinski definition) is 2. The number of nitrogens with one attached hydrogen (secondary N) is 1. The Morgan fingerprint density at radius 2 is 2.05 bits per heavy atom. The van der Waals surface area contributed by atoms with Crippen molar-refractivity contribution >= 4 is 11.6 Å². The van der Waals surface area contributed by atoms with E-state index in [2.05, 4.69) is 23.2 Å². The van der Waals surface area contributed by atoms with Gasteiger partial charge in [0.25, 0.3) is 5.91 Å². The molecule has 0 saturated carbocycles. The maximum atomic E-state index is 12.2. The van der Waals surface area contributed by atoms with Gasteiger partial charge in [-0.15, -0.1) is 0 Å². The number of carbonyl (C=O) groups excluding carboxylic acids is 1. The van der Waals surface area contributed by atoms with Crippen LogP contribution in [-0.4, -0.2) is 11.6 Å². The number of hydrogen-bond donors (Lipinski definition) is 1. The van der Waals surface area contributed by atoms with Crippen LogP contribution in [0.3, 0.4) is 0 Å². The Labute approximate surface area is 126 Å². The van der Waals surface area contributed by atoms with E-state index >= 15 is 0 Å². The van der Waals surface area contributed by atoms with E-state index in [0.29, 0.717) is 11.5 Å². The molecule has 0 heterocycles. The number of allylic oxidation sites excluding steroid dienone is 3. The maximum Gasteiger partial charge on any atom is 0.271 e. The first-order chi connectivity index (χ1) is 9.99. The third kappa shape index (κ3) is 3.69. The highest BCUT2D eigenvalue weighted by Crippen LogP contribution is 2.26. The molecular formula is C18H22N2O. The minimum Gasteiger partial charge on any atom is -0.267 e. The van der Waals surface area contributed by atoms with Crippen molar-refractivity contribution in [2.24, 2.45) is 11.0 Å². The fourth-order valence-corrected chi connectivity index (χ4v) is 2.43. The number of rotatable bonds is 3. The van der Waals surface area contributed by atoms with Gasteiger partial charge in [0.1, 0.15) is 0 Å². The lowest BCUT2D eigenvalue weighted by atomic mass is 9.85. The Hall–Kier alpha value is -2.16. The second-order valence-corrected chi connectivity index (χ2v) is 5.68. The average Bonchev–Trinajstić information content (AvgIpc) is 2.46. The first kappa shape index (κ1) is 15.2. The molecule has 110 valence electrons. The van der Waals surface area contributed by atoms with E-state index in [9.17, 15) is 4.79 Å². The van der Waals surface area contributed by atoms with E-state index in [4.69, 9.17) is 0 Å². The summed E-state index contributed by atoms with van der Waals surface area (Å²) < 4.78 is 0. The van der Waals surface area contributed by atoms with Crippen molar-refractivity contribution in [1.29, 1.82) is 0 Å². The summed E-state index contributed by atoms with van der Waals surface area (Å²) >= 11 is 0. The van der Waals surface area contributed by atoms with E-state index in [1.165, 1.54) is 0 Å². The number of benzene rings is 1. The van der Waals surface area contributed by atoms with Crippen LogP contribution in [0.15, 0.2) is 53.2 Å². The predicted octanol–water partition coefficient (Wildman–Crippen LogP) is 4.01. The zero-order chi connectivity index (χ0) is 15.4. The molecule has 1 atom stereocenters. The van der Waals surface area contributed by atoms with Crippen LogP contribution in [0.2, 0.25) is 0 Å². The molecule has 1 aromatic rings. The molecule has 0 spiro atoms. The van der Waals surface area contributed by atoms with Crippen molar-refractivity contribution in [1.82, 2.24) is 5.43 Å². The van der Waals surface area contributed by atoms with Crippen molar-refractivity contribution in [2.45, 2.75) is 33.6 Å². The third-order valence-electron chi connectivity index (χ3n) is 3.98. The SMILES string of the molecule is C=C(C)[C@@H]1CC=C(C)C(=NNC(=O)c2ccccc2C)C1. The first-order valence-corrected chi connectivity index (χ1v) is 7.24. The van der Waals surface area contributed by atoms with Gasteiger partial charge in [0, 0.05) is 5.56 Å². The summed E-state index contributed by atoms with van der Waals surface area (Å²) in [4.78, 5) is 12.2. The zero-order valence-corrected chi connectivity index (χ0v) is 12.9. The monoisotopic (exact) mass is 282 g/mol. The van der Waals surface area contributed by atoms with Crippen LogP contribution in [0.4, 0.5) is 0 Å². The summed E-state index contributed by atoms with van der Waals surface area (Å²) in [7, 11) is 0. The van der Waals surface area contributed by atoms with Crippen LogP contribution in [-0.2, 0) is 0 Å². The van der Waals surface area contributed by atoms with E-state index < -0.39 is 0 Å². The smallest absolute Gasteiger partial charge is 0.267 e. The van der Waals surface area contributed by atoms with Gasteiger partial charge in [0.05, 0.1) is 5.71 Å². The summed E-state index contributed by atoms with van der Waals surface area (Å²) in [5, 5.41) is 4.32. The van der Waals surface area contributed by atoms with Crippen LogP contribution < -0.4 is 5.43 Å². The lowest BCUT2D eigenvalue weighted by Crippen LogP contribution is -2.23. The summed E-state index contributed by atoms with van der Waals surface area (Å²) in [6.07, 6.45) is 4.01. The molecule has 1 aliphatic carbocycles. The van der Waals surface area contributed by atoms with E-state index in [1.54, 1.807) is 0 Å². The average molecular weight is 282 g/mol. The molecule has 3 nitrogen and oxygen atoms in total. The Kier molecular flexibility index (Phi) is 4.73. The zero-order valence-electron chi connectivity index (χ0n) is 12.9. The van der Waals surface area contributed by atoms with Gasteiger partial charge in [-0.05, 0) is 56.7 Å². The summed E-state index contributed by atoms with van der Waals surface area (Å²) in [5.41, 5.74) is 7.53. The lowest BCUT2D eigenvalue weighted by Gasteiger charge is -2.22. The standard InChI is InChI=1S/C18H22N2O/c1-12(2)15-10-9-14(4)17(11-15)19-20-18(21)16-8-6-5-7-13(16)3/h5-9,15H,1,10-11H2,2-4H3,(H,20,21)/t15-/m1/s1. The second-order valence-electron chi connectivity index (χ2n) is 5.68. The van der Waals surface area contributed by atoms with Crippen molar-refractivity contribution < 1.29 is 4.79 Å². The van der Waals surface area contributed by atoms with Gasteiger partial charge >= 0.3 is 0 Å². The first-order valence-electron chi connectivity index (χ1n) is 7.24. The summed E-state index contributed by atoms with van der Waals surface area (Å²) in [6, 6.07) is 7.51. The highest BCUT2D eigenvalue weighted by molar-refractivity contribution is 6.02. The molecule has 3 heteroatoms. The van der Waals surface area contributed by atoms with Crippen LogP contribution in [0.25, 0.3) is 0 Å². The van der Waals surface area contributed by atoms with Gasteiger partial charge in [-0.2, -0.15) is 5.10 Å². The fourth-order valence-electron chi connectivity index (χ4n) is 2.43. The van der Waals surface area contributed by atoms with Gasteiger partial charge in [-0.3, -0.25) is 4.79 Å². The fraction of sp³-hybridized carbons (Fsp3) is 0.333. The maximum absolute atomic E-state index is 12.2. The molecule has 21 heavy (non-hydrogen) atoms. The molecule has 1 N–H and O–H groups in total. The van der Waals surface area contributed by atoms with Crippen molar-refractivity contribution in [3.63, 3.8) is 0 Å². The number of aryl methyl sites for hydroxylation is 1. The molecule has 0 fully saturated rings. The van der Waals surface area contributed by atoms with Crippen LogP contribution in [0.1, 0.15) is 42.6 Å². The highest BCUT2D eigenvalue weighted by atomic mass is 16.2. The topological polar surface area (TPSA) is 41.5 Å². The highest BCUT2D eigenvalue weighted by Gasteiger charge is 2.19. The predicted molar refractivity (Wildman–Crippen MR) is 87.4 cm³/mol. The second kappa shape index (κ2) is 6.53. The quantitative estimate of drug-likeness (QED) is 0.660. The molecular weight excluding hydrogens is 260 g/mol. The number of hydrazone groups is 1. The van der Waals surface area contributed by atoms with Crippen molar-refractivity contribution in [3.8, 4) is 0 Å². The molecule has 0 saturated heterocycles. The minimum atomic E-state index is -0.161. The van der Waals surface area contributed by atoms with Crippen molar-refractivity contribution in [3.05, 3.63) is 59.2 Å². The summed E-state index contributed by atoms with van der Waals surface area (Å²) in [5.74, 6) is 0.258. The molecule has 0 aliphatic heterocycles. The van der Waals surface area contributed by atoms with E-state index in [0.717, 1.165) is 35.3 Å². The number of nitrogens with zero attached hydrogens (tertiary/aromatic N) is 1. The molecule has 1 amide bonds. The molecule has 0 radical (unpaired) electrons. The molecule has 0 aromatic heterocycles. The Balaban J connectivity index is 2.12. The number of carbonyl (C=O) groups is 1. The van der Waals surface area contributed by atoms with Crippen LogP contribution in [0.5, 0.6) is 0 Å². The van der Waals surface area contributed by atoms with Gasteiger partial charge in [-0.25, -0.2) is 5.43 Å². The van der Waals surface area contributed by atoms with Crippen molar-refractivity contribution in [2.75, 3.05) is 0 Å². The minimum absolute atomic E-state index is 0.161. The molecule has 2 rings (SSSR count). The summed E-state index contributed by atoms with van der Waals surface area (Å²) in [6.45, 7) is 10.0. The van der Waals surface area contributed by atoms with Crippen LogP contribution in [0, 0.1) is 12.8 Å². The largest absolute Gasteiger partial charge is 0.271 e. The Morgan fingerprint density at radius 1 is 1.33 bits per heavy atom.